The lowest BCUT2D eigenvalue weighted by Crippen LogP contribution is -2.49. The lowest BCUT2D eigenvalue weighted by Gasteiger charge is -2.26. The normalized spacial score (nSPS) is 16.2. The van der Waals surface area contributed by atoms with E-state index in [-0.39, 0.29) is 70.3 Å². The standard InChI is InChI=1S/C11H20N2O4.2C8H10NO6P/c14-10(15)6-12-8-4-2-1-3-5-9(8)13-7-11(16)17;2*1-5-8(11)7(3-10)6(2-9-5)4-15-16(12,13)14/h8-9,12-13H,1-7H2,(H,14,15)(H,16,17);2*2-3,11H,4H2,1H3,(H2,12,13,14)/t8-,9-;;/m1../s1. The average molecular weight is 739 g/mol. The van der Waals surface area contributed by atoms with Gasteiger partial charge in [-0.05, 0) is 26.7 Å². The number of carboxylic acids is 2. The van der Waals surface area contributed by atoms with Gasteiger partial charge in [-0.2, -0.15) is 0 Å². The lowest BCUT2D eigenvalue weighted by atomic mass is 10.0. The molecule has 1 saturated carbocycles. The SMILES string of the molecule is Cc1ncc(COP(=O)(O)O)c(C=O)c1O.Cc1ncc(COP(=O)(O)O)c(C=O)c1O.O=C(O)CN[C@@H]1CCCCC[C@H]1NCC(=O)O. The van der Waals surface area contributed by atoms with Crippen LogP contribution in [0, 0.1) is 13.8 Å². The van der Waals surface area contributed by atoms with Gasteiger partial charge in [0.25, 0.3) is 0 Å². The van der Waals surface area contributed by atoms with Gasteiger partial charge in [0.05, 0.1) is 48.8 Å². The second-order valence-corrected chi connectivity index (χ2v) is 12.9. The number of aryl methyl sites for hydroxylation is 2. The molecule has 20 nitrogen and oxygen atoms in total. The zero-order valence-corrected chi connectivity index (χ0v) is 28.2. The molecule has 0 aromatic carbocycles. The van der Waals surface area contributed by atoms with Crippen LogP contribution in [0.3, 0.4) is 0 Å². The Morgan fingerprint density at radius 1 is 0.755 bits per heavy atom. The number of hydrogen-bond donors (Lipinski definition) is 10. The van der Waals surface area contributed by atoms with Crippen molar-refractivity contribution in [1.29, 1.82) is 0 Å². The molecule has 0 bridgehead atoms. The van der Waals surface area contributed by atoms with Crippen molar-refractivity contribution in [2.75, 3.05) is 13.1 Å². The van der Waals surface area contributed by atoms with Crippen LogP contribution in [-0.2, 0) is 41.0 Å². The molecule has 0 spiro atoms. The van der Waals surface area contributed by atoms with Crippen molar-refractivity contribution in [2.45, 2.75) is 71.2 Å². The van der Waals surface area contributed by atoms with Crippen molar-refractivity contribution >= 4 is 40.2 Å². The van der Waals surface area contributed by atoms with Crippen LogP contribution in [0.1, 0.15) is 75.3 Å². The van der Waals surface area contributed by atoms with Gasteiger partial charge in [-0.1, -0.05) is 19.3 Å². The summed E-state index contributed by atoms with van der Waals surface area (Å²) in [5.41, 5.74) is 0.564. The van der Waals surface area contributed by atoms with Crippen molar-refractivity contribution in [2.24, 2.45) is 0 Å². The van der Waals surface area contributed by atoms with Crippen LogP contribution in [-0.4, -0.2) is 99.7 Å². The molecule has 10 N–H and O–H groups in total. The maximum absolute atomic E-state index is 10.7. The monoisotopic (exact) mass is 738 g/mol. The number of aldehydes is 2. The smallest absolute Gasteiger partial charge is 0.469 e. The largest absolute Gasteiger partial charge is 0.505 e. The predicted molar refractivity (Wildman–Crippen MR) is 168 cm³/mol. The number of rotatable bonds is 14. The van der Waals surface area contributed by atoms with Gasteiger partial charge in [0.2, 0.25) is 0 Å². The molecule has 2 heterocycles. The molecular weight excluding hydrogens is 698 g/mol. The Kier molecular flexibility index (Phi) is 18.3. The van der Waals surface area contributed by atoms with Crippen LogP contribution in [0.5, 0.6) is 11.5 Å². The van der Waals surface area contributed by atoms with Crippen molar-refractivity contribution in [3.05, 3.63) is 46.0 Å². The predicted octanol–water partition coefficient (Wildman–Crippen LogP) is 1.07. The first-order chi connectivity index (χ1) is 22.8. The number of nitrogens with one attached hydrogen (secondary N) is 2. The molecule has 22 heteroatoms. The Morgan fingerprint density at radius 3 is 1.39 bits per heavy atom. The quantitative estimate of drug-likeness (QED) is 0.0736. The van der Waals surface area contributed by atoms with E-state index in [2.05, 4.69) is 29.6 Å². The van der Waals surface area contributed by atoms with Crippen LogP contribution in [0.2, 0.25) is 0 Å². The fraction of sp³-hybridized carbons (Fsp3) is 0.481. The first kappa shape index (κ1) is 43.3. The molecule has 0 unspecified atom stereocenters. The second kappa shape index (κ2) is 20.7. The highest BCUT2D eigenvalue weighted by atomic mass is 31.2. The minimum Gasteiger partial charge on any atom is -0.505 e. The first-order valence-corrected chi connectivity index (χ1v) is 17.4. The molecule has 274 valence electrons. The number of phosphoric ester groups is 2. The zero-order chi connectivity index (χ0) is 37.4. The zero-order valence-electron chi connectivity index (χ0n) is 26.5. The summed E-state index contributed by atoms with van der Waals surface area (Å²) in [5, 5.41) is 42.2. The van der Waals surface area contributed by atoms with Gasteiger partial charge in [0.1, 0.15) is 11.5 Å². The summed E-state index contributed by atoms with van der Waals surface area (Å²) < 4.78 is 29.3. The molecule has 2 aromatic heterocycles. The summed E-state index contributed by atoms with van der Waals surface area (Å²) in [4.78, 5) is 83.9. The fourth-order valence-electron chi connectivity index (χ4n) is 4.34. The Labute approximate surface area is 280 Å². The molecule has 0 saturated heterocycles. The van der Waals surface area contributed by atoms with Gasteiger partial charge >= 0.3 is 27.6 Å². The van der Waals surface area contributed by atoms with Gasteiger partial charge in [0, 0.05) is 35.6 Å². The van der Waals surface area contributed by atoms with Crippen LogP contribution < -0.4 is 10.6 Å². The minimum absolute atomic E-state index is 0.0490. The van der Waals surface area contributed by atoms with Crippen LogP contribution >= 0.6 is 15.6 Å². The van der Waals surface area contributed by atoms with E-state index in [0.717, 1.165) is 32.1 Å². The number of pyridine rings is 2. The number of aromatic nitrogens is 2. The molecular formula is C27H40N4O16P2. The highest BCUT2D eigenvalue weighted by molar-refractivity contribution is 7.46. The number of carbonyl (C=O) groups excluding carboxylic acids is 2. The fourth-order valence-corrected chi connectivity index (χ4v) is 4.95. The third-order valence-corrected chi connectivity index (χ3v) is 7.71. The van der Waals surface area contributed by atoms with Gasteiger partial charge in [-0.25, -0.2) is 9.13 Å². The summed E-state index contributed by atoms with van der Waals surface area (Å²) in [5.74, 6) is -2.40. The molecule has 3 rings (SSSR count). The van der Waals surface area contributed by atoms with Crippen LogP contribution in [0.25, 0.3) is 0 Å². The Morgan fingerprint density at radius 2 is 1.10 bits per heavy atom. The lowest BCUT2D eigenvalue weighted by molar-refractivity contribution is -0.137. The highest BCUT2D eigenvalue weighted by Gasteiger charge is 2.24. The third-order valence-electron chi connectivity index (χ3n) is 6.77. The summed E-state index contributed by atoms with van der Waals surface area (Å²) in [7, 11) is -9.23. The van der Waals surface area contributed by atoms with E-state index in [1.807, 2.05) is 0 Å². The van der Waals surface area contributed by atoms with Gasteiger partial charge in [-0.15, -0.1) is 0 Å². The van der Waals surface area contributed by atoms with E-state index in [4.69, 9.17) is 29.8 Å². The van der Waals surface area contributed by atoms with E-state index < -0.39 is 40.8 Å². The third kappa shape index (κ3) is 17.0. The summed E-state index contributed by atoms with van der Waals surface area (Å²) in [6, 6.07) is 0.0981. The van der Waals surface area contributed by atoms with Crippen molar-refractivity contribution in [1.82, 2.24) is 20.6 Å². The van der Waals surface area contributed by atoms with Crippen molar-refractivity contribution in [3.8, 4) is 11.5 Å². The molecule has 0 aliphatic heterocycles. The summed E-state index contributed by atoms with van der Waals surface area (Å²) in [6.45, 7) is 1.84. The molecule has 0 radical (unpaired) electrons. The number of carbonyl (C=O) groups is 4. The average Bonchev–Trinajstić information content (AvgIpc) is 3.25. The highest BCUT2D eigenvalue weighted by Crippen LogP contribution is 2.38. The molecule has 0 amide bonds. The molecule has 2 atom stereocenters. The Balaban J connectivity index is 0.000000368. The summed E-state index contributed by atoms with van der Waals surface area (Å²) in [6.07, 6.45) is 8.21. The minimum atomic E-state index is -4.61. The van der Waals surface area contributed by atoms with Crippen LogP contribution in [0.15, 0.2) is 12.4 Å². The molecule has 1 aliphatic carbocycles. The first-order valence-electron chi connectivity index (χ1n) is 14.3. The Hall–Kier alpha value is -3.68. The maximum atomic E-state index is 10.7. The second-order valence-electron chi connectivity index (χ2n) is 10.4. The Bertz CT molecular complexity index is 1420. The van der Waals surface area contributed by atoms with E-state index in [9.17, 15) is 38.5 Å². The van der Waals surface area contributed by atoms with Crippen molar-refractivity contribution < 1.29 is 77.4 Å². The topological polar surface area (TPSA) is 333 Å². The molecule has 2 aromatic rings. The number of aromatic hydroxyl groups is 2. The van der Waals surface area contributed by atoms with E-state index in [1.165, 1.54) is 26.2 Å². The number of carboxylic acid groups (broad SMARTS) is 2. The van der Waals surface area contributed by atoms with E-state index in [1.54, 1.807) is 0 Å². The molecule has 1 aliphatic rings. The molecule has 1 fully saturated rings. The summed E-state index contributed by atoms with van der Waals surface area (Å²) >= 11 is 0. The van der Waals surface area contributed by atoms with Crippen molar-refractivity contribution in [3.63, 3.8) is 0 Å². The number of phosphoric acid groups is 2. The van der Waals surface area contributed by atoms with E-state index in [0.29, 0.717) is 12.6 Å². The number of hydrogen-bond acceptors (Lipinski definition) is 14. The van der Waals surface area contributed by atoms with Crippen LogP contribution in [0.4, 0.5) is 0 Å². The number of aliphatic carboxylic acids is 2. The maximum Gasteiger partial charge on any atom is 0.469 e. The van der Waals surface area contributed by atoms with Gasteiger partial charge < -0.3 is 50.6 Å². The molecule has 49 heavy (non-hydrogen) atoms. The van der Waals surface area contributed by atoms with Gasteiger partial charge in [0.15, 0.2) is 12.6 Å². The van der Waals surface area contributed by atoms with Gasteiger partial charge in [-0.3, -0.25) is 38.2 Å². The number of nitrogens with zero attached hydrogens (tertiary/aromatic N) is 2. The van der Waals surface area contributed by atoms with E-state index >= 15 is 0 Å².